The summed E-state index contributed by atoms with van der Waals surface area (Å²) in [6, 6.07) is 6.27. The highest BCUT2D eigenvalue weighted by Crippen LogP contribution is 2.24. The molecule has 0 atom stereocenters. The highest BCUT2D eigenvalue weighted by atomic mass is 16.2. The van der Waals surface area contributed by atoms with Crippen molar-refractivity contribution < 1.29 is 9.90 Å². The zero-order chi connectivity index (χ0) is 13.7. The molecule has 0 spiro atoms. The van der Waals surface area contributed by atoms with E-state index in [-0.39, 0.29) is 12.5 Å². The number of aryl methyl sites for hydroxylation is 1. The summed E-state index contributed by atoms with van der Waals surface area (Å²) in [5.41, 5.74) is 3.48. The molecule has 1 amide bonds. The number of nitrogens with one attached hydrogen (secondary N) is 1. The number of unbranched alkanes of at least 4 members (excludes halogenated alkanes) is 1. The van der Waals surface area contributed by atoms with E-state index in [0.717, 1.165) is 38.0 Å². The normalized spacial score (nSPS) is 14.4. The van der Waals surface area contributed by atoms with Crippen LogP contribution in [0.2, 0.25) is 0 Å². The first-order valence-electron chi connectivity index (χ1n) is 6.90. The lowest BCUT2D eigenvalue weighted by atomic mass is 10.0. The number of hydrogen-bond acceptors (Lipinski definition) is 3. The smallest absolute Gasteiger partial charge is 0.224 e. The Bertz CT molecular complexity index is 446. The molecule has 0 fully saturated rings. The van der Waals surface area contributed by atoms with Crippen molar-refractivity contribution in [1.82, 2.24) is 4.90 Å². The topological polar surface area (TPSA) is 52.6 Å². The quantitative estimate of drug-likeness (QED) is 0.768. The van der Waals surface area contributed by atoms with Crippen molar-refractivity contribution in [3.05, 3.63) is 29.3 Å². The van der Waals surface area contributed by atoms with Gasteiger partial charge in [-0.25, -0.2) is 0 Å². The fraction of sp³-hybridized carbons (Fsp3) is 0.533. The monoisotopic (exact) mass is 262 g/mol. The van der Waals surface area contributed by atoms with Crippen LogP contribution in [0, 0.1) is 0 Å². The van der Waals surface area contributed by atoms with Gasteiger partial charge in [-0.2, -0.15) is 0 Å². The Balaban J connectivity index is 1.92. The lowest BCUT2D eigenvalue weighted by Crippen LogP contribution is -2.21. The highest BCUT2D eigenvalue weighted by Gasteiger charge is 2.14. The number of rotatable bonds is 6. The molecule has 19 heavy (non-hydrogen) atoms. The molecule has 0 bridgehead atoms. The van der Waals surface area contributed by atoms with Crippen LogP contribution in [-0.4, -0.2) is 36.1 Å². The van der Waals surface area contributed by atoms with E-state index >= 15 is 0 Å². The first-order chi connectivity index (χ1) is 9.19. The fourth-order valence-corrected chi connectivity index (χ4v) is 2.42. The highest BCUT2D eigenvalue weighted by molar-refractivity contribution is 5.93. The molecular formula is C15H22N2O2. The van der Waals surface area contributed by atoms with Crippen LogP contribution in [0.1, 0.15) is 30.4 Å². The van der Waals surface area contributed by atoms with Crippen LogP contribution in [0.25, 0.3) is 0 Å². The minimum Gasteiger partial charge on any atom is -0.396 e. The van der Waals surface area contributed by atoms with Gasteiger partial charge < -0.3 is 15.3 Å². The summed E-state index contributed by atoms with van der Waals surface area (Å²) in [6.07, 6.45) is 3.31. The first kappa shape index (κ1) is 14.0. The van der Waals surface area contributed by atoms with Crippen molar-refractivity contribution in [2.75, 3.05) is 25.5 Å². The molecule has 4 nitrogen and oxygen atoms in total. The minimum atomic E-state index is 0.112. The van der Waals surface area contributed by atoms with E-state index in [1.54, 1.807) is 0 Å². The minimum absolute atomic E-state index is 0.112. The van der Waals surface area contributed by atoms with Crippen LogP contribution in [0.3, 0.4) is 0 Å². The molecule has 1 aliphatic rings. The summed E-state index contributed by atoms with van der Waals surface area (Å²) in [6.45, 7) is 2.17. The predicted octanol–water partition coefficient (Wildman–Crippen LogP) is 1.78. The number of carbonyl (C=O) groups is 1. The molecular weight excluding hydrogens is 240 g/mol. The van der Waals surface area contributed by atoms with E-state index < -0.39 is 0 Å². The number of aliphatic hydroxyl groups excluding tert-OH is 1. The van der Waals surface area contributed by atoms with Crippen molar-refractivity contribution in [2.45, 2.75) is 32.2 Å². The largest absolute Gasteiger partial charge is 0.396 e. The maximum absolute atomic E-state index is 11.3. The average Bonchev–Trinajstić information content (AvgIpc) is 2.39. The summed E-state index contributed by atoms with van der Waals surface area (Å²) in [4.78, 5) is 13.6. The van der Waals surface area contributed by atoms with E-state index in [1.807, 2.05) is 6.07 Å². The van der Waals surface area contributed by atoms with E-state index in [2.05, 4.69) is 29.4 Å². The third-order valence-corrected chi connectivity index (χ3v) is 3.47. The summed E-state index contributed by atoms with van der Waals surface area (Å²) < 4.78 is 0. The number of carbonyl (C=O) groups excluding carboxylic acids is 1. The molecule has 2 N–H and O–H groups in total. The van der Waals surface area contributed by atoms with Gasteiger partial charge in [-0.3, -0.25) is 4.79 Å². The van der Waals surface area contributed by atoms with Crippen molar-refractivity contribution in [3.8, 4) is 0 Å². The van der Waals surface area contributed by atoms with E-state index in [4.69, 9.17) is 5.11 Å². The van der Waals surface area contributed by atoms with Crippen molar-refractivity contribution in [2.24, 2.45) is 0 Å². The third kappa shape index (κ3) is 4.04. The maximum Gasteiger partial charge on any atom is 0.224 e. The van der Waals surface area contributed by atoms with E-state index in [9.17, 15) is 4.79 Å². The summed E-state index contributed by atoms with van der Waals surface area (Å²) in [5, 5.41) is 11.7. The lowest BCUT2D eigenvalue weighted by molar-refractivity contribution is -0.116. The zero-order valence-electron chi connectivity index (χ0n) is 11.5. The van der Waals surface area contributed by atoms with Crippen molar-refractivity contribution in [3.63, 3.8) is 0 Å². The molecule has 0 unspecified atom stereocenters. The van der Waals surface area contributed by atoms with Gasteiger partial charge in [-0.1, -0.05) is 12.1 Å². The van der Waals surface area contributed by atoms with Crippen LogP contribution in [0.5, 0.6) is 0 Å². The molecule has 0 radical (unpaired) electrons. The SMILES string of the molecule is CN(CCCCO)Cc1ccc2c(c1)CCC(=O)N2. The molecule has 104 valence electrons. The Hall–Kier alpha value is -1.39. The van der Waals surface area contributed by atoms with Gasteiger partial charge in [0.25, 0.3) is 0 Å². The summed E-state index contributed by atoms with van der Waals surface area (Å²) in [5.74, 6) is 0.112. The zero-order valence-corrected chi connectivity index (χ0v) is 11.5. The van der Waals surface area contributed by atoms with Gasteiger partial charge in [0, 0.05) is 25.3 Å². The number of hydrogen-bond donors (Lipinski definition) is 2. The molecule has 1 aromatic rings. The maximum atomic E-state index is 11.3. The number of fused-ring (bicyclic) bond motifs is 1. The number of nitrogens with zero attached hydrogens (tertiary/aromatic N) is 1. The predicted molar refractivity (Wildman–Crippen MR) is 76.0 cm³/mol. The molecule has 0 saturated heterocycles. The van der Waals surface area contributed by atoms with Gasteiger partial charge in [0.2, 0.25) is 5.91 Å². The second kappa shape index (κ2) is 6.68. The van der Waals surface area contributed by atoms with E-state index in [0.29, 0.717) is 6.42 Å². The second-order valence-electron chi connectivity index (χ2n) is 5.21. The lowest BCUT2D eigenvalue weighted by Gasteiger charge is -2.20. The number of anilines is 1. The van der Waals surface area contributed by atoms with Crippen LogP contribution in [0.4, 0.5) is 5.69 Å². The summed E-state index contributed by atoms with van der Waals surface area (Å²) >= 11 is 0. The van der Waals surface area contributed by atoms with Crippen LogP contribution >= 0.6 is 0 Å². The Labute approximate surface area is 114 Å². The molecule has 0 saturated carbocycles. The second-order valence-corrected chi connectivity index (χ2v) is 5.21. The molecule has 0 aromatic heterocycles. The van der Waals surface area contributed by atoms with Crippen LogP contribution < -0.4 is 5.32 Å². The molecule has 1 heterocycles. The average molecular weight is 262 g/mol. The van der Waals surface area contributed by atoms with Crippen LogP contribution in [0.15, 0.2) is 18.2 Å². The molecule has 2 rings (SSSR count). The Morgan fingerprint density at radius 2 is 2.16 bits per heavy atom. The fourth-order valence-electron chi connectivity index (χ4n) is 2.42. The molecule has 0 aliphatic carbocycles. The van der Waals surface area contributed by atoms with Crippen LogP contribution in [-0.2, 0) is 17.8 Å². The standard InChI is InChI=1S/C15H22N2O2/c1-17(8-2-3-9-18)11-12-4-6-14-13(10-12)5-7-15(19)16-14/h4,6,10,18H,2-3,5,7-9,11H2,1H3,(H,16,19). The molecule has 1 aliphatic heterocycles. The third-order valence-electron chi connectivity index (χ3n) is 3.47. The number of benzene rings is 1. The number of amides is 1. The number of aliphatic hydroxyl groups is 1. The van der Waals surface area contributed by atoms with Gasteiger partial charge >= 0.3 is 0 Å². The van der Waals surface area contributed by atoms with Gasteiger partial charge in [0.15, 0.2) is 0 Å². The van der Waals surface area contributed by atoms with Gasteiger partial charge in [0.05, 0.1) is 0 Å². The van der Waals surface area contributed by atoms with Gasteiger partial charge in [-0.15, -0.1) is 0 Å². The Morgan fingerprint density at radius 1 is 1.32 bits per heavy atom. The van der Waals surface area contributed by atoms with Crippen molar-refractivity contribution >= 4 is 11.6 Å². The van der Waals surface area contributed by atoms with Gasteiger partial charge in [-0.05, 0) is 50.0 Å². The molecule has 4 heteroatoms. The Kier molecular flexibility index (Phi) is 4.93. The Morgan fingerprint density at radius 3 is 2.95 bits per heavy atom. The van der Waals surface area contributed by atoms with Gasteiger partial charge in [0.1, 0.15) is 0 Å². The van der Waals surface area contributed by atoms with Crippen molar-refractivity contribution in [1.29, 1.82) is 0 Å². The first-order valence-corrected chi connectivity index (χ1v) is 6.90. The summed E-state index contributed by atoms with van der Waals surface area (Å²) in [7, 11) is 2.10. The van der Waals surface area contributed by atoms with E-state index in [1.165, 1.54) is 11.1 Å². The molecule has 1 aromatic carbocycles.